The molecule has 0 unspecified atom stereocenters. The lowest BCUT2D eigenvalue weighted by Gasteiger charge is -2.18. The summed E-state index contributed by atoms with van der Waals surface area (Å²) in [6.07, 6.45) is -3.95. The van der Waals surface area contributed by atoms with Gasteiger partial charge in [-0.1, -0.05) is 6.92 Å². The van der Waals surface area contributed by atoms with E-state index in [-0.39, 0.29) is 5.69 Å². The molecule has 1 aromatic rings. The van der Waals surface area contributed by atoms with Crippen LogP contribution < -0.4 is 5.32 Å². The van der Waals surface area contributed by atoms with Crippen LogP contribution in [-0.2, 0) is 6.18 Å². The summed E-state index contributed by atoms with van der Waals surface area (Å²) in [6.45, 7) is 2.23. The third kappa shape index (κ3) is 4.37. The number of carbonyl (C=O) groups excluding carboxylic acids is 1. The highest BCUT2D eigenvalue weighted by Gasteiger charge is 2.31. The van der Waals surface area contributed by atoms with Crippen LogP contribution in [0.3, 0.4) is 0 Å². The number of rotatable bonds is 4. The van der Waals surface area contributed by atoms with E-state index in [9.17, 15) is 22.8 Å². The van der Waals surface area contributed by atoms with Crippen molar-refractivity contribution in [2.75, 3.05) is 18.9 Å². The molecule has 2 amide bonds. The first-order chi connectivity index (χ1) is 9.66. The lowest BCUT2D eigenvalue weighted by Crippen LogP contribution is -2.32. The van der Waals surface area contributed by atoms with Crippen LogP contribution in [0.4, 0.5) is 23.7 Å². The standard InChI is InChI=1S/C13H15F3N2O3/c1-3-6-18(2)12(21)17-10-7-8(13(14,15)16)4-5-9(10)11(19)20/h4-5,7H,3,6H2,1-2H3,(H,17,21)(H,19,20). The van der Waals surface area contributed by atoms with Gasteiger partial charge < -0.3 is 15.3 Å². The van der Waals surface area contributed by atoms with Crippen LogP contribution in [0, 0.1) is 0 Å². The molecule has 0 aromatic heterocycles. The van der Waals surface area contributed by atoms with Crippen molar-refractivity contribution in [1.29, 1.82) is 0 Å². The van der Waals surface area contributed by atoms with E-state index in [2.05, 4.69) is 5.32 Å². The molecule has 1 rings (SSSR count). The molecular weight excluding hydrogens is 289 g/mol. The van der Waals surface area contributed by atoms with Gasteiger partial charge in [0, 0.05) is 13.6 Å². The molecule has 21 heavy (non-hydrogen) atoms. The summed E-state index contributed by atoms with van der Waals surface area (Å²) in [6, 6.07) is 1.43. The number of aromatic carboxylic acids is 1. The summed E-state index contributed by atoms with van der Waals surface area (Å²) >= 11 is 0. The summed E-state index contributed by atoms with van der Waals surface area (Å²) in [5, 5.41) is 11.2. The maximum Gasteiger partial charge on any atom is 0.416 e. The number of alkyl halides is 3. The number of nitrogens with zero attached hydrogens (tertiary/aromatic N) is 1. The van der Waals surface area contributed by atoms with E-state index in [0.29, 0.717) is 25.1 Å². The predicted octanol–water partition coefficient (Wildman–Crippen LogP) is 3.28. The molecule has 0 aliphatic rings. The van der Waals surface area contributed by atoms with Gasteiger partial charge in [-0.15, -0.1) is 0 Å². The molecule has 8 heteroatoms. The third-order valence-electron chi connectivity index (χ3n) is 2.72. The fourth-order valence-electron chi connectivity index (χ4n) is 1.66. The fraction of sp³-hybridized carbons (Fsp3) is 0.385. The maximum absolute atomic E-state index is 12.6. The van der Waals surface area contributed by atoms with Gasteiger partial charge in [0.1, 0.15) is 0 Å². The van der Waals surface area contributed by atoms with Gasteiger partial charge in [0.15, 0.2) is 0 Å². The Bertz CT molecular complexity index is 544. The molecule has 0 aliphatic heterocycles. The van der Waals surface area contributed by atoms with E-state index >= 15 is 0 Å². The Morgan fingerprint density at radius 2 is 1.95 bits per heavy atom. The SMILES string of the molecule is CCCN(C)C(=O)Nc1cc(C(F)(F)F)ccc1C(=O)O. The molecule has 5 nitrogen and oxygen atoms in total. The van der Waals surface area contributed by atoms with Gasteiger partial charge >= 0.3 is 18.2 Å². The minimum absolute atomic E-state index is 0.384. The monoisotopic (exact) mass is 304 g/mol. The quantitative estimate of drug-likeness (QED) is 0.897. The molecule has 0 spiro atoms. The summed E-state index contributed by atoms with van der Waals surface area (Å²) in [5.74, 6) is -1.42. The molecule has 0 fully saturated rings. The van der Waals surface area contributed by atoms with Crippen LogP contribution in [0.15, 0.2) is 18.2 Å². The number of carboxylic acids is 1. The molecule has 0 saturated carbocycles. The predicted molar refractivity (Wildman–Crippen MR) is 70.3 cm³/mol. The molecule has 0 radical (unpaired) electrons. The van der Waals surface area contributed by atoms with Crippen LogP contribution in [0.5, 0.6) is 0 Å². The third-order valence-corrected chi connectivity index (χ3v) is 2.72. The molecule has 0 saturated heterocycles. The number of amides is 2. The van der Waals surface area contributed by atoms with Crippen molar-refractivity contribution >= 4 is 17.7 Å². The van der Waals surface area contributed by atoms with Crippen LogP contribution in [0.25, 0.3) is 0 Å². The fourth-order valence-corrected chi connectivity index (χ4v) is 1.66. The minimum Gasteiger partial charge on any atom is -0.478 e. The van der Waals surface area contributed by atoms with Crippen molar-refractivity contribution in [2.45, 2.75) is 19.5 Å². The summed E-state index contributed by atoms with van der Waals surface area (Å²) in [4.78, 5) is 24.0. The zero-order valence-electron chi connectivity index (χ0n) is 11.5. The number of hydrogen-bond acceptors (Lipinski definition) is 2. The Morgan fingerprint density at radius 1 is 1.33 bits per heavy atom. The van der Waals surface area contributed by atoms with E-state index in [1.165, 1.54) is 11.9 Å². The Kier molecular flexibility index (Phi) is 5.17. The van der Waals surface area contributed by atoms with Crippen LogP contribution in [0.2, 0.25) is 0 Å². The highest BCUT2D eigenvalue weighted by Crippen LogP contribution is 2.32. The maximum atomic E-state index is 12.6. The summed E-state index contributed by atoms with van der Waals surface area (Å²) in [7, 11) is 1.47. The van der Waals surface area contributed by atoms with Crippen molar-refractivity contribution in [1.82, 2.24) is 4.90 Å². The minimum atomic E-state index is -4.62. The second kappa shape index (κ2) is 6.47. The van der Waals surface area contributed by atoms with Gasteiger partial charge in [0.2, 0.25) is 0 Å². The van der Waals surface area contributed by atoms with E-state index in [1.807, 2.05) is 6.92 Å². The van der Waals surface area contributed by atoms with Gasteiger partial charge in [-0.25, -0.2) is 9.59 Å². The Hall–Kier alpha value is -2.25. The normalized spacial score (nSPS) is 11.1. The van der Waals surface area contributed by atoms with Crippen molar-refractivity contribution in [2.24, 2.45) is 0 Å². The Labute approximate surface area is 119 Å². The first-order valence-corrected chi connectivity index (χ1v) is 6.13. The van der Waals surface area contributed by atoms with E-state index in [4.69, 9.17) is 5.11 Å². The number of anilines is 1. The molecule has 0 bridgehead atoms. The highest BCUT2D eigenvalue weighted by atomic mass is 19.4. The first kappa shape index (κ1) is 16.8. The average Bonchev–Trinajstić information content (AvgIpc) is 2.37. The average molecular weight is 304 g/mol. The van der Waals surface area contributed by atoms with Crippen molar-refractivity contribution < 1.29 is 27.9 Å². The van der Waals surface area contributed by atoms with Crippen LogP contribution in [-0.4, -0.2) is 35.6 Å². The molecule has 0 aliphatic carbocycles. The van der Waals surface area contributed by atoms with Crippen molar-refractivity contribution in [3.05, 3.63) is 29.3 Å². The molecular formula is C13H15F3N2O3. The topological polar surface area (TPSA) is 69.6 Å². The summed E-state index contributed by atoms with van der Waals surface area (Å²) in [5.41, 5.74) is -1.81. The second-order valence-corrected chi connectivity index (χ2v) is 4.41. The van der Waals surface area contributed by atoms with E-state index < -0.39 is 29.3 Å². The number of carbonyl (C=O) groups is 2. The zero-order chi connectivity index (χ0) is 16.2. The molecule has 2 N–H and O–H groups in total. The van der Waals surface area contributed by atoms with Gasteiger partial charge in [-0.2, -0.15) is 13.2 Å². The molecule has 116 valence electrons. The largest absolute Gasteiger partial charge is 0.478 e. The van der Waals surface area contributed by atoms with Crippen molar-refractivity contribution in [3.8, 4) is 0 Å². The van der Waals surface area contributed by atoms with Crippen LogP contribution >= 0.6 is 0 Å². The van der Waals surface area contributed by atoms with Crippen LogP contribution in [0.1, 0.15) is 29.3 Å². The number of carboxylic acid groups (broad SMARTS) is 1. The zero-order valence-corrected chi connectivity index (χ0v) is 11.5. The van der Waals surface area contributed by atoms with Gasteiger partial charge in [0.25, 0.3) is 0 Å². The number of benzene rings is 1. The summed E-state index contributed by atoms with van der Waals surface area (Å²) < 4.78 is 37.9. The molecule has 0 heterocycles. The van der Waals surface area contributed by atoms with Crippen molar-refractivity contribution in [3.63, 3.8) is 0 Å². The second-order valence-electron chi connectivity index (χ2n) is 4.41. The van der Waals surface area contributed by atoms with Gasteiger partial charge in [-0.3, -0.25) is 0 Å². The Balaban J connectivity index is 3.13. The van der Waals surface area contributed by atoms with E-state index in [0.717, 1.165) is 6.07 Å². The first-order valence-electron chi connectivity index (χ1n) is 6.13. The number of halogens is 3. The molecule has 0 atom stereocenters. The highest BCUT2D eigenvalue weighted by molar-refractivity contribution is 6.00. The number of urea groups is 1. The Morgan fingerprint density at radius 3 is 2.43 bits per heavy atom. The molecule has 1 aromatic carbocycles. The smallest absolute Gasteiger partial charge is 0.416 e. The lowest BCUT2D eigenvalue weighted by atomic mass is 10.1. The van der Waals surface area contributed by atoms with Gasteiger partial charge in [0.05, 0.1) is 16.8 Å². The van der Waals surface area contributed by atoms with E-state index in [1.54, 1.807) is 0 Å². The van der Waals surface area contributed by atoms with Gasteiger partial charge in [-0.05, 0) is 24.6 Å². The number of nitrogens with one attached hydrogen (secondary N) is 1. The lowest BCUT2D eigenvalue weighted by molar-refractivity contribution is -0.137. The number of hydrogen-bond donors (Lipinski definition) is 2.